The van der Waals surface area contributed by atoms with E-state index in [-0.39, 0.29) is 0 Å². The summed E-state index contributed by atoms with van der Waals surface area (Å²) in [5.41, 5.74) is 0. The quantitative estimate of drug-likeness (QED) is 0.647. The lowest BCUT2D eigenvalue weighted by Crippen LogP contribution is -2.30. The normalized spacial score (nSPS) is 29.4. The van der Waals surface area contributed by atoms with Gasteiger partial charge in [-0.3, -0.25) is 4.79 Å². The molecule has 2 rings (SSSR count). The lowest BCUT2D eigenvalue weighted by molar-refractivity contribution is -0.131. The number of carbonyl (C=O) groups is 1. The Labute approximate surface area is 77.7 Å². The Balaban J connectivity index is 1.85. The molecule has 3 heteroatoms. The molecule has 0 spiro atoms. The summed E-state index contributed by atoms with van der Waals surface area (Å²) in [4.78, 5) is 13.6. The molecule has 0 bridgehead atoms. The molecule has 0 aromatic rings. The summed E-state index contributed by atoms with van der Waals surface area (Å²) in [5, 5.41) is 0.702. The third-order valence-electron chi connectivity index (χ3n) is 2.72. The summed E-state index contributed by atoms with van der Waals surface area (Å²) in [7, 11) is 0. The van der Waals surface area contributed by atoms with Gasteiger partial charge in [0.05, 0.1) is 0 Å². The SMILES string of the molecule is CSC1CCN(C(=O)C2CC2)C1. The molecule has 1 aliphatic carbocycles. The number of rotatable bonds is 2. The standard InChI is InChI=1S/C9H15NOS/c1-12-8-4-5-10(6-8)9(11)7-2-3-7/h7-8H,2-6H2,1H3. The van der Waals surface area contributed by atoms with Gasteiger partial charge in [0.15, 0.2) is 0 Å². The molecule has 12 heavy (non-hydrogen) atoms. The van der Waals surface area contributed by atoms with E-state index < -0.39 is 0 Å². The maximum Gasteiger partial charge on any atom is 0.225 e. The van der Waals surface area contributed by atoms with Gasteiger partial charge in [-0.1, -0.05) is 0 Å². The van der Waals surface area contributed by atoms with Crippen molar-refractivity contribution in [1.29, 1.82) is 0 Å². The molecule has 0 N–H and O–H groups in total. The average molecular weight is 185 g/mol. The first kappa shape index (κ1) is 8.42. The monoisotopic (exact) mass is 185 g/mol. The molecule has 1 saturated heterocycles. The number of hydrogen-bond donors (Lipinski definition) is 0. The molecule has 68 valence electrons. The summed E-state index contributed by atoms with van der Waals surface area (Å²) in [5.74, 6) is 0.831. The zero-order valence-electron chi connectivity index (χ0n) is 7.45. The molecule has 2 nitrogen and oxygen atoms in total. The van der Waals surface area contributed by atoms with Crippen LogP contribution in [0, 0.1) is 5.92 Å². The van der Waals surface area contributed by atoms with Crippen molar-refractivity contribution in [2.45, 2.75) is 24.5 Å². The molecule has 0 radical (unpaired) electrons. The van der Waals surface area contributed by atoms with E-state index in [0.29, 0.717) is 17.1 Å². The number of likely N-dealkylation sites (tertiary alicyclic amines) is 1. The van der Waals surface area contributed by atoms with Gasteiger partial charge in [0, 0.05) is 24.3 Å². The van der Waals surface area contributed by atoms with Crippen molar-refractivity contribution in [3.8, 4) is 0 Å². The highest BCUT2D eigenvalue weighted by Crippen LogP contribution is 2.33. The molecule has 1 atom stereocenters. The molecule has 1 unspecified atom stereocenters. The van der Waals surface area contributed by atoms with Crippen molar-refractivity contribution in [2.75, 3.05) is 19.3 Å². The van der Waals surface area contributed by atoms with E-state index in [9.17, 15) is 4.79 Å². The molecule has 0 aromatic heterocycles. The Morgan fingerprint density at radius 2 is 2.17 bits per heavy atom. The smallest absolute Gasteiger partial charge is 0.225 e. The van der Waals surface area contributed by atoms with Crippen LogP contribution in [0.15, 0.2) is 0 Å². The van der Waals surface area contributed by atoms with E-state index in [1.165, 1.54) is 6.42 Å². The van der Waals surface area contributed by atoms with Crippen molar-refractivity contribution in [3.63, 3.8) is 0 Å². The molecule has 1 heterocycles. The van der Waals surface area contributed by atoms with Crippen LogP contribution < -0.4 is 0 Å². The van der Waals surface area contributed by atoms with Gasteiger partial charge in [0.25, 0.3) is 0 Å². The largest absolute Gasteiger partial charge is 0.341 e. The zero-order chi connectivity index (χ0) is 8.55. The van der Waals surface area contributed by atoms with Crippen LogP contribution in [0.2, 0.25) is 0 Å². The van der Waals surface area contributed by atoms with Crippen molar-refractivity contribution < 1.29 is 4.79 Å². The van der Waals surface area contributed by atoms with E-state index in [0.717, 1.165) is 25.9 Å². The van der Waals surface area contributed by atoms with Crippen LogP contribution in [-0.4, -0.2) is 35.4 Å². The fraction of sp³-hybridized carbons (Fsp3) is 0.889. The Hall–Kier alpha value is -0.180. The summed E-state index contributed by atoms with van der Waals surface area (Å²) >= 11 is 1.89. The number of nitrogens with zero attached hydrogens (tertiary/aromatic N) is 1. The van der Waals surface area contributed by atoms with Crippen molar-refractivity contribution in [3.05, 3.63) is 0 Å². The molecule has 1 amide bonds. The van der Waals surface area contributed by atoms with E-state index in [2.05, 4.69) is 11.2 Å². The fourth-order valence-corrected chi connectivity index (χ4v) is 2.38. The Bertz CT molecular complexity index is 191. The minimum absolute atomic E-state index is 0.408. The van der Waals surface area contributed by atoms with Crippen LogP contribution in [0.3, 0.4) is 0 Å². The number of hydrogen-bond acceptors (Lipinski definition) is 2. The third kappa shape index (κ3) is 1.60. The van der Waals surface area contributed by atoms with Crippen molar-refractivity contribution in [2.24, 2.45) is 5.92 Å². The number of amides is 1. The first-order chi connectivity index (χ1) is 5.81. The van der Waals surface area contributed by atoms with Crippen LogP contribution in [0.25, 0.3) is 0 Å². The van der Waals surface area contributed by atoms with Gasteiger partial charge >= 0.3 is 0 Å². The van der Waals surface area contributed by atoms with Crippen LogP contribution in [0.4, 0.5) is 0 Å². The first-order valence-corrected chi connectivity index (χ1v) is 5.91. The van der Waals surface area contributed by atoms with E-state index >= 15 is 0 Å². The first-order valence-electron chi connectivity index (χ1n) is 4.63. The van der Waals surface area contributed by atoms with E-state index in [1.807, 2.05) is 11.8 Å². The van der Waals surface area contributed by atoms with Gasteiger partial charge in [-0.05, 0) is 25.5 Å². The highest BCUT2D eigenvalue weighted by Gasteiger charge is 2.36. The van der Waals surface area contributed by atoms with E-state index in [4.69, 9.17) is 0 Å². The maximum atomic E-state index is 11.6. The molecule has 2 fully saturated rings. The molecule has 2 aliphatic rings. The van der Waals surface area contributed by atoms with Gasteiger partial charge in [-0.25, -0.2) is 0 Å². The van der Waals surface area contributed by atoms with E-state index in [1.54, 1.807) is 0 Å². The average Bonchev–Trinajstić information content (AvgIpc) is 2.82. The third-order valence-corrected chi connectivity index (χ3v) is 3.77. The summed E-state index contributed by atoms with van der Waals surface area (Å²) < 4.78 is 0. The van der Waals surface area contributed by atoms with Gasteiger partial charge in [0.2, 0.25) is 5.91 Å². The van der Waals surface area contributed by atoms with Crippen LogP contribution >= 0.6 is 11.8 Å². The highest BCUT2D eigenvalue weighted by molar-refractivity contribution is 7.99. The lowest BCUT2D eigenvalue weighted by Gasteiger charge is -2.15. The van der Waals surface area contributed by atoms with Gasteiger partial charge in [-0.15, -0.1) is 0 Å². The molecule has 0 aromatic carbocycles. The minimum atomic E-state index is 0.408. The van der Waals surface area contributed by atoms with Gasteiger partial charge in [0.1, 0.15) is 0 Å². The predicted molar refractivity (Wildman–Crippen MR) is 51.2 cm³/mol. The van der Waals surface area contributed by atoms with Crippen LogP contribution in [0.5, 0.6) is 0 Å². The molecule has 1 aliphatic heterocycles. The topological polar surface area (TPSA) is 20.3 Å². The second-order valence-electron chi connectivity index (χ2n) is 3.70. The molecular weight excluding hydrogens is 170 g/mol. The Morgan fingerprint density at radius 1 is 1.42 bits per heavy atom. The van der Waals surface area contributed by atoms with Gasteiger partial charge in [-0.2, -0.15) is 11.8 Å². The highest BCUT2D eigenvalue weighted by atomic mass is 32.2. The minimum Gasteiger partial charge on any atom is -0.341 e. The maximum absolute atomic E-state index is 11.6. The zero-order valence-corrected chi connectivity index (χ0v) is 8.27. The number of carbonyl (C=O) groups excluding carboxylic acids is 1. The fourth-order valence-electron chi connectivity index (χ4n) is 1.71. The number of thioether (sulfide) groups is 1. The molecular formula is C9H15NOS. The van der Waals surface area contributed by atoms with Crippen LogP contribution in [-0.2, 0) is 4.79 Å². The van der Waals surface area contributed by atoms with Crippen molar-refractivity contribution in [1.82, 2.24) is 4.90 Å². The van der Waals surface area contributed by atoms with Gasteiger partial charge < -0.3 is 4.90 Å². The second kappa shape index (κ2) is 3.29. The Morgan fingerprint density at radius 3 is 2.67 bits per heavy atom. The van der Waals surface area contributed by atoms with Crippen LogP contribution in [0.1, 0.15) is 19.3 Å². The summed E-state index contributed by atoms with van der Waals surface area (Å²) in [6.07, 6.45) is 5.61. The summed E-state index contributed by atoms with van der Waals surface area (Å²) in [6.45, 7) is 2.00. The second-order valence-corrected chi connectivity index (χ2v) is 4.84. The Kier molecular flexibility index (Phi) is 2.31. The molecule has 1 saturated carbocycles. The van der Waals surface area contributed by atoms with Crippen molar-refractivity contribution >= 4 is 17.7 Å². The summed E-state index contributed by atoms with van der Waals surface area (Å²) in [6, 6.07) is 0. The predicted octanol–water partition coefficient (Wildman–Crippen LogP) is 1.36. The lowest BCUT2D eigenvalue weighted by atomic mass is 10.3.